The van der Waals surface area contributed by atoms with Crippen LogP contribution < -0.4 is 5.73 Å². The fourth-order valence-corrected chi connectivity index (χ4v) is 1.50. The lowest BCUT2D eigenvalue weighted by Crippen LogP contribution is -2.13. The van der Waals surface area contributed by atoms with Crippen LogP contribution in [0.25, 0.3) is 0 Å². The lowest BCUT2D eigenvalue weighted by Gasteiger charge is -2.14. The van der Waals surface area contributed by atoms with Crippen LogP contribution in [0.5, 0.6) is 0 Å². The van der Waals surface area contributed by atoms with Crippen molar-refractivity contribution in [2.45, 2.75) is 26.3 Å². The van der Waals surface area contributed by atoms with Crippen LogP contribution in [0.2, 0.25) is 5.02 Å². The lowest BCUT2D eigenvalue weighted by molar-refractivity contribution is 0.507. The summed E-state index contributed by atoms with van der Waals surface area (Å²) in [5.74, 6) is 0.104. The van der Waals surface area contributed by atoms with Crippen molar-refractivity contribution < 1.29 is 4.39 Å². The summed E-state index contributed by atoms with van der Waals surface area (Å²) in [7, 11) is 0. The van der Waals surface area contributed by atoms with Gasteiger partial charge in [-0.3, -0.25) is 0 Å². The Morgan fingerprint density at radius 3 is 2.47 bits per heavy atom. The van der Waals surface area contributed by atoms with E-state index in [1.54, 1.807) is 12.1 Å². The van der Waals surface area contributed by atoms with Gasteiger partial charge >= 0.3 is 0 Å². The maximum absolute atomic E-state index is 13.1. The number of hydrogen-bond acceptors (Lipinski definition) is 1. The van der Waals surface area contributed by atoms with Crippen molar-refractivity contribution in [2.75, 3.05) is 0 Å². The molecule has 0 saturated carbocycles. The van der Waals surface area contributed by atoms with Gasteiger partial charge in [-0.05, 0) is 30.0 Å². The van der Waals surface area contributed by atoms with Gasteiger partial charge < -0.3 is 5.73 Å². The molecule has 0 bridgehead atoms. The zero-order chi connectivity index (χ0) is 10.7. The van der Waals surface area contributed by atoms with E-state index in [0.29, 0.717) is 5.92 Å². The Morgan fingerprint density at radius 1 is 1.40 bits per heavy atom. The van der Waals surface area contributed by atoms with Crippen LogP contribution in [0.3, 0.4) is 0 Å². The molecule has 0 aliphatic heterocycles. The summed E-state index contributed by atoms with van der Waals surface area (Å²) in [6.07, 6.45) is 0.848. The molecule has 1 atom stereocenters. The van der Waals surface area contributed by atoms with Crippen molar-refractivity contribution >= 4 is 24.0 Å². The van der Waals surface area contributed by atoms with Crippen molar-refractivity contribution in [1.82, 2.24) is 0 Å². The fourth-order valence-electron chi connectivity index (χ4n) is 1.39. The van der Waals surface area contributed by atoms with E-state index in [0.717, 1.165) is 12.0 Å². The smallest absolute Gasteiger partial charge is 0.142 e. The molecule has 0 aromatic heterocycles. The summed E-state index contributed by atoms with van der Waals surface area (Å²) in [6.45, 7) is 4.18. The van der Waals surface area contributed by atoms with E-state index < -0.39 is 5.82 Å². The molecule has 0 spiro atoms. The molecular weight excluding hydrogens is 236 g/mol. The molecule has 86 valence electrons. The maximum atomic E-state index is 13.1. The van der Waals surface area contributed by atoms with Gasteiger partial charge in [0.15, 0.2) is 0 Å². The van der Waals surface area contributed by atoms with Gasteiger partial charge in [0.2, 0.25) is 0 Å². The molecule has 1 rings (SSSR count). The van der Waals surface area contributed by atoms with E-state index >= 15 is 0 Å². The topological polar surface area (TPSA) is 26.0 Å². The SMILES string of the molecule is CC(C)C[C@H](N)c1ccc(Cl)c(F)c1.Cl. The molecule has 4 heteroatoms. The quantitative estimate of drug-likeness (QED) is 0.866. The molecule has 1 nitrogen and oxygen atoms in total. The molecule has 0 aliphatic rings. The first-order valence-electron chi connectivity index (χ1n) is 4.71. The summed E-state index contributed by atoms with van der Waals surface area (Å²) in [5, 5.41) is 0.144. The van der Waals surface area contributed by atoms with Gasteiger partial charge in [-0.25, -0.2) is 4.39 Å². The standard InChI is InChI=1S/C11H15ClFN.ClH/c1-7(2)5-11(14)8-3-4-9(12)10(13)6-8;/h3-4,6-7,11H,5,14H2,1-2H3;1H/t11-;/m0./s1. The minimum atomic E-state index is -0.400. The van der Waals surface area contributed by atoms with E-state index in [-0.39, 0.29) is 23.5 Å². The van der Waals surface area contributed by atoms with Crippen molar-refractivity contribution in [3.63, 3.8) is 0 Å². The molecule has 0 saturated heterocycles. The fraction of sp³-hybridized carbons (Fsp3) is 0.455. The van der Waals surface area contributed by atoms with Crippen LogP contribution in [0.1, 0.15) is 31.9 Å². The van der Waals surface area contributed by atoms with Gasteiger partial charge in [-0.15, -0.1) is 12.4 Å². The molecule has 1 aromatic rings. The molecular formula is C11H16Cl2FN. The first kappa shape index (κ1) is 14.7. The second kappa shape index (κ2) is 6.31. The van der Waals surface area contributed by atoms with Crippen molar-refractivity contribution in [3.8, 4) is 0 Å². The number of hydrogen-bond donors (Lipinski definition) is 1. The minimum absolute atomic E-state index is 0. The Bertz CT molecular complexity index is 315. The summed E-state index contributed by atoms with van der Waals surface area (Å²) in [4.78, 5) is 0. The number of nitrogens with two attached hydrogens (primary N) is 1. The monoisotopic (exact) mass is 251 g/mol. The van der Waals surface area contributed by atoms with E-state index in [2.05, 4.69) is 13.8 Å². The molecule has 2 N–H and O–H groups in total. The molecule has 15 heavy (non-hydrogen) atoms. The van der Waals surface area contributed by atoms with Crippen LogP contribution in [-0.4, -0.2) is 0 Å². The van der Waals surface area contributed by atoms with Crippen molar-refractivity contribution in [2.24, 2.45) is 11.7 Å². The Labute approximate surface area is 101 Å². The largest absolute Gasteiger partial charge is 0.324 e. The number of benzene rings is 1. The molecule has 0 unspecified atom stereocenters. The summed E-state index contributed by atoms with van der Waals surface area (Å²) >= 11 is 5.58. The zero-order valence-electron chi connectivity index (χ0n) is 8.84. The summed E-state index contributed by atoms with van der Waals surface area (Å²) < 4.78 is 13.1. The maximum Gasteiger partial charge on any atom is 0.142 e. The van der Waals surface area contributed by atoms with Crippen molar-refractivity contribution in [3.05, 3.63) is 34.6 Å². The predicted octanol–water partition coefficient (Wildman–Crippen LogP) is 3.95. The number of rotatable bonds is 3. The van der Waals surface area contributed by atoms with E-state index in [1.807, 2.05) is 0 Å². The van der Waals surface area contributed by atoms with E-state index in [1.165, 1.54) is 6.07 Å². The zero-order valence-corrected chi connectivity index (χ0v) is 10.4. The van der Waals surface area contributed by atoms with Gasteiger partial charge in [-0.2, -0.15) is 0 Å². The Hall–Kier alpha value is -0.310. The average Bonchev–Trinajstić information content (AvgIpc) is 2.08. The third-order valence-electron chi connectivity index (χ3n) is 2.10. The highest BCUT2D eigenvalue weighted by Gasteiger charge is 2.10. The highest BCUT2D eigenvalue weighted by molar-refractivity contribution is 6.30. The van der Waals surface area contributed by atoms with Crippen LogP contribution in [-0.2, 0) is 0 Å². The number of halogens is 3. The minimum Gasteiger partial charge on any atom is -0.324 e. The highest BCUT2D eigenvalue weighted by Crippen LogP contribution is 2.22. The normalized spacial score (nSPS) is 12.4. The van der Waals surface area contributed by atoms with E-state index in [9.17, 15) is 4.39 Å². The van der Waals surface area contributed by atoms with Gasteiger partial charge in [0.1, 0.15) is 5.82 Å². The third-order valence-corrected chi connectivity index (χ3v) is 2.40. The summed E-state index contributed by atoms with van der Waals surface area (Å²) in [6, 6.07) is 4.63. The second-order valence-electron chi connectivity index (χ2n) is 3.91. The first-order chi connectivity index (χ1) is 6.50. The highest BCUT2D eigenvalue weighted by atomic mass is 35.5. The third kappa shape index (κ3) is 4.37. The molecule has 0 aliphatic carbocycles. The van der Waals surface area contributed by atoms with Gasteiger partial charge in [0.05, 0.1) is 5.02 Å². The van der Waals surface area contributed by atoms with Crippen LogP contribution in [0.15, 0.2) is 18.2 Å². The van der Waals surface area contributed by atoms with Crippen LogP contribution in [0, 0.1) is 11.7 Å². The molecule has 0 radical (unpaired) electrons. The van der Waals surface area contributed by atoms with Crippen LogP contribution >= 0.6 is 24.0 Å². The molecule has 0 amide bonds. The van der Waals surface area contributed by atoms with Gasteiger partial charge in [0.25, 0.3) is 0 Å². The summed E-state index contributed by atoms with van der Waals surface area (Å²) in [5.41, 5.74) is 6.71. The molecule has 1 aromatic carbocycles. The molecule has 0 fully saturated rings. The second-order valence-corrected chi connectivity index (χ2v) is 4.32. The average molecular weight is 252 g/mol. The Kier molecular flexibility index (Phi) is 6.18. The first-order valence-corrected chi connectivity index (χ1v) is 5.09. The van der Waals surface area contributed by atoms with E-state index in [4.69, 9.17) is 17.3 Å². The Balaban J connectivity index is 0.00000196. The van der Waals surface area contributed by atoms with Gasteiger partial charge in [0, 0.05) is 6.04 Å². The van der Waals surface area contributed by atoms with Crippen LogP contribution in [0.4, 0.5) is 4.39 Å². The molecule has 0 heterocycles. The van der Waals surface area contributed by atoms with Gasteiger partial charge in [-0.1, -0.05) is 31.5 Å². The Morgan fingerprint density at radius 2 is 2.00 bits per heavy atom. The van der Waals surface area contributed by atoms with Crippen molar-refractivity contribution in [1.29, 1.82) is 0 Å². The predicted molar refractivity (Wildman–Crippen MR) is 65.0 cm³/mol. The lowest BCUT2D eigenvalue weighted by atomic mass is 9.98.